The molecule has 5 heteroatoms. The molecule has 1 heterocycles. The Bertz CT molecular complexity index is 627. The molecule has 0 radical (unpaired) electrons. The average Bonchev–Trinajstić information content (AvgIpc) is 3.39. The van der Waals surface area contributed by atoms with Crippen molar-refractivity contribution in [2.45, 2.75) is 50.5 Å². The molecular formula is C18H28N2O2S. The van der Waals surface area contributed by atoms with Gasteiger partial charge in [0.25, 0.3) is 0 Å². The molecule has 23 heavy (non-hydrogen) atoms. The Hall–Kier alpha value is -0.910. The number of hydrogen-bond donors (Lipinski definition) is 0. The van der Waals surface area contributed by atoms with Gasteiger partial charge < -0.3 is 0 Å². The van der Waals surface area contributed by atoms with Gasteiger partial charge in [0.2, 0.25) is 10.0 Å². The molecule has 1 unspecified atom stereocenters. The van der Waals surface area contributed by atoms with E-state index in [-0.39, 0.29) is 0 Å². The van der Waals surface area contributed by atoms with E-state index in [0.29, 0.717) is 29.9 Å². The molecule has 0 spiro atoms. The van der Waals surface area contributed by atoms with Crippen LogP contribution in [0.4, 0.5) is 0 Å². The van der Waals surface area contributed by atoms with Crippen LogP contribution in [0.5, 0.6) is 0 Å². The Labute approximate surface area is 140 Å². The van der Waals surface area contributed by atoms with E-state index in [1.54, 1.807) is 16.4 Å². The van der Waals surface area contributed by atoms with Crippen LogP contribution in [0.1, 0.15) is 45.1 Å². The lowest BCUT2D eigenvalue weighted by Gasteiger charge is -2.37. The second kappa shape index (κ2) is 6.54. The first-order valence-corrected chi connectivity index (χ1v) is 10.2. The standard InChI is InChI=1S/C18H28N2O2S/c1-14(2)16-6-8-18(9-7-16)23(21,22)20-12-10-19(11-13-20)15(3)17-4-5-17/h6-9,14-15,17H,4-5,10-13H2,1-3H3. The van der Waals surface area contributed by atoms with Crippen molar-refractivity contribution >= 4 is 10.0 Å². The topological polar surface area (TPSA) is 40.6 Å². The van der Waals surface area contributed by atoms with Crippen LogP contribution in [0.15, 0.2) is 29.2 Å². The number of nitrogens with zero attached hydrogens (tertiary/aromatic N) is 2. The Morgan fingerprint density at radius 3 is 2.00 bits per heavy atom. The van der Waals surface area contributed by atoms with Crippen molar-refractivity contribution in [2.75, 3.05) is 26.2 Å². The van der Waals surface area contributed by atoms with Crippen LogP contribution in [0.2, 0.25) is 0 Å². The van der Waals surface area contributed by atoms with Gasteiger partial charge in [-0.25, -0.2) is 8.42 Å². The molecule has 2 aliphatic rings. The lowest BCUT2D eigenvalue weighted by molar-refractivity contribution is 0.133. The molecule has 1 aromatic rings. The molecule has 4 nitrogen and oxygen atoms in total. The molecule has 0 bridgehead atoms. The lowest BCUT2D eigenvalue weighted by Crippen LogP contribution is -2.51. The molecule has 3 rings (SSSR count). The van der Waals surface area contributed by atoms with Gasteiger partial charge in [-0.2, -0.15) is 4.31 Å². The largest absolute Gasteiger partial charge is 0.298 e. The van der Waals surface area contributed by atoms with Crippen molar-refractivity contribution in [3.05, 3.63) is 29.8 Å². The highest BCUT2D eigenvalue weighted by atomic mass is 32.2. The number of benzene rings is 1. The Balaban J connectivity index is 1.66. The molecule has 1 aliphatic carbocycles. The second-order valence-electron chi connectivity index (χ2n) is 7.24. The number of piperazine rings is 1. The average molecular weight is 337 g/mol. The molecule has 1 atom stereocenters. The van der Waals surface area contributed by atoms with Crippen LogP contribution in [-0.4, -0.2) is 49.8 Å². The molecular weight excluding hydrogens is 308 g/mol. The van der Waals surface area contributed by atoms with Crippen LogP contribution in [0.3, 0.4) is 0 Å². The molecule has 1 aliphatic heterocycles. The first-order chi connectivity index (χ1) is 10.9. The minimum Gasteiger partial charge on any atom is -0.298 e. The Morgan fingerprint density at radius 2 is 1.52 bits per heavy atom. The van der Waals surface area contributed by atoms with E-state index in [9.17, 15) is 8.42 Å². The van der Waals surface area contributed by atoms with Gasteiger partial charge in [0, 0.05) is 32.2 Å². The molecule has 1 saturated carbocycles. The van der Waals surface area contributed by atoms with E-state index in [4.69, 9.17) is 0 Å². The van der Waals surface area contributed by atoms with E-state index in [0.717, 1.165) is 19.0 Å². The smallest absolute Gasteiger partial charge is 0.243 e. The predicted molar refractivity (Wildman–Crippen MR) is 93.0 cm³/mol. The number of rotatable bonds is 5. The van der Waals surface area contributed by atoms with Crippen molar-refractivity contribution in [3.63, 3.8) is 0 Å². The number of hydrogen-bond acceptors (Lipinski definition) is 3. The Kier molecular flexibility index (Phi) is 4.81. The maximum atomic E-state index is 12.8. The minimum absolute atomic E-state index is 0.416. The third-order valence-corrected chi connectivity index (χ3v) is 7.25. The zero-order valence-corrected chi connectivity index (χ0v) is 15.2. The summed E-state index contributed by atoms with van der Waals surface area (Å²) >= 11 is 0. The third kappa shape index (κ3) is 3.62. The van der Waals surface area contributed by atoms with Gasteiger partial charge >= 0.3 is 0 Å². The highest BCUT2D eigenvalue weighted by Crippen LogP contribution is 2.35. The first-order valence-electron chi connectivity index (χ1n) is 8.74. The van der Waals surface area contributed by atoms with E-state index in [1.807, 2.05) is 12.1 Å². The SMILES string of the molecule is CC(C)c1ccc(S(=O)(=O)N2CCN(C(C)C3CC3)CC2)cc1. The summed E-state index contributed by atoms with van der Waals surface area (Å²) in [5, 5.41) is 0. The van der Waals surface area contributed by atoms with Gasteiger partial charge in [0.05, 0.1) is 4.90 Å². The maximum absolute atomic E-state index is 12.8. The van der Waals surface area contributed by atoms with Crippen LogP contribution in [-0.2, 0) is 10.0 Å². The normalized spacial score (nSPS) is 22.4. The summed E-state index contributed by atoms with van der Waals surface area (Å²) in [5.41, 5.74) is 1.17. The van der Waals surface area contributed by atoms with Gasteiger partial charge in [0.15, 0.2) is 0 Å². The summed E-state index contributed by atoms with van der Waals surface area (Å²) in [6.45, 7) is 9.42. The van der Waals surface area contributed by atoms with Crippen LogP contribution in [0, 0.1) is 5.92 Å². The Morgan fingerprint density at radius 1 is 0.957 bits per heavy atom. The summed E-state index contributed by atoms with van der Waals surface area (Å²) in [4.78, 5) is 2.87. The first kappa shape index (κ1) is 16.9. The van der Waals surface area contributed by atoms with Gasteiger partial charge in [-0.3, -0.25) is 4.90 Å². The fraction of sp³-hybridized carbons (Fsp3) is 0.667. The number of sulfonamides is 1. The van der Waals surface area contributed by atoms with Gasteiger partial charge in [0.1, 0.15) is 0 Å². The minimum atomic E-state index is -3.35. The maximum Gasteiger partial charge on any atom is 0.243 e. The predicted octanol–water partition coefficient (Wildman–Crippen LogP) is 2.91. The van der Waals surface area contributed by atoms with Gasteiger partial charge in [-0.1, -0.05) is 26.0 Å². The zero-order valence-electron chi connectivity index (χ0n) is 14.4. The van der Waals surface area contributed by atoms with Crippen molar-refractivity contribution < 1.29 is 8.42 Å². The molecule has 1 saturated heterocycles. The van der Waals surface area contributed by atoms with Crippen LogP contribution >= 0.6 is 0 Å². The van der Waals surface area contributed by atoms with E-state index in [1.165, 1.54) is 18.4 Å². The highest BCUT2D eigenvalue weighted by molar-refractivity contribution is 7.89. The van der Waals surface area contributed by atoms with Crippen molar-refractivity contribution in [1.29, 1.82) is 0 Å². The summed E-state index contributed by atoms with van der Waals surface area (Å²) in [5.74, 6) is 1.25. The van der Waals surface area contributed by atoms with E-state index >= 15 is 0 Å². The van der Waals surface area contributed by atoms with E-state index in [2.05, 4.69) is 25.7 Å². The highest BCUT2D eigenvalue weighted by Gasteiger charge is 2.35. The third-order valence-electron chi connectivity index (χ3n) is 5.34. The van der Waals surface area contributed by atoms with Crippen molar-refractivity contribution in [3.8, 4) is 0 Å². The molecule has 2 fully saturated rings. The molecule has 0 aromatic heterocycles. The fourth-order valence-electron chi connectivity index (χ4n) is 3.40. The van der Waals surface area contributed by atoms with E-state index < -0.39 is 10.0 Å². The summed E-state index contributed by atoms with van der Waals surface area (Å²) in [7, 11) is -3.35. The molecule has 0 N–H and O–H groups in total. The van der Waals surface area contributed by atoms with Gasteiger partial charge in [-0.05, 0) is 49.3 Å². The summed E-state index contributed by atoms with van der Waals surface area (Å²) in [6.07, 6.45) is 2.67. The molecule has 128 valence electrons. The fourth-order valence-corrected chi connectivity index (χ4v) is 4.82. The molecule has 1 aromatic carbocycles. The summed E-state index contributed by atoms with van der Waals surface area (Å²) < 4.78 is 27.2. The summed E-state index contributed by atoms with van der Waals surface area (Å²) in [6, 6.07) is 7.98. The van der Waals surface area contributed by atoms with Crippen molar-refractivity contribution in [2.24, 2.45) is 5.92 Å². The quantitative estimate of drug-likeness (QED) is 0.830. The second-order valence-corrected chi connectivity index (χ2v) is 9.18. The van der Waals surface area contributed by atoms with Crippen molar-refractivity contribution in [1.82, 2.24) is 9.21 Å². The van der Waals surface area contributed by atoms with Gasteiger partial charge in [-0.15, -0.1) is 0 Å². The van der Waals surface area contributed by atoms with Crippen LogP contribution < -0.4 is 0 Å². The molecule has 0 amide bonds. The zero-order chi connectivity index (χ0) is 16.6. The van der Waals surface area contributed by atoms with Crippen LogP contribution in [0.25, 0.3) is 0 Å². The lowest BCUT2D eigenvalue weighted by atomic mass is 10.0. The monoisotopic (exact) mass is 336 g/mol.